The maximum absolute atomic E-state index is 11.6. The number of hydrogen-bond acceptors (Lipinski definition) is 3. The summed E-state index contributed by atoms with van der Waals surface area (Å²) < 4.78 is 0. The lowest BCUT2D eigenvalue weighted by molar-refractivity contribution is 0.0686. The van der Waals surface area contributed by atoms with E-state index in [2.05, 4.69) is 4.98 Å². The molecule has 96 valence electrons. The molecule has 0 aliphatic rings. The van der Waals surface area contributed by atoms with E-state index in [0.717, 1.165) is 6.20 Å². The Morgan fingerprint density at radius 3 is 2.05 bits per heavy atom. The smallest absolute Gasteiger partial charge is 0.337 e. The SMILES string of the molecule is O=C(O)c1ccc(-c2cc(C(=O)O)c[nH]c2=O)cc1. The Bertz CT molecular complexity index is 700. The molecular weight excluding hydrogens is 250 g/mol. The minimum atomic E-state index is -1.15. The Morgan fingerprint density at radius 2 is 1.53 bits per heavy atom. The molecule has 0 atom stereocenters. The maximum Gasteiger partial charge on any atom is 0.337 e. The molecule has 0 unspecified atom stereocenters. The van der Waals surface area contributed by atoms with Gasteiger partial charge in [-0.2, -0.15) is 0 Å². The zero-order chi connectivity index (χ0) is 14.0. The number of hydrogen-bond donors (Lipinski definition) is 3. The summed E-state index contributed by atoms with van der Waals surface area (Å²) in [6, 6.07) is 6.87. The fourth-order valence-corrected chi connectivity index (χ4v) is 1.61. The van der Waals surface area contributed by atoms with Crippen molar-refractivity contribution in [1.29, 1.82) is 0 Å². The Labute approximate surface area is 107 Å². The van der Waals surface area contributed by atoms with Gasteiger partial charge in [-0.3, -0.25) is 4.79 Å². The Morgan fingerprint density at radius 1 is 0.947 bits per heavy atom. The summed E-state index contributed by atoms with van der Waals surface area (Å²) in [4.78, 5) is 35.5. The van der Waals surface area contributed by atoms with E-state index in [0.29, 0.717) is 5.56 Å². The molecule has 0 aliphatic carbocycles. The van der Waals surface area contributed by atoms with Gasteiger partial charge in [0.1, 0.15) is 0 Å². The molecule has 0 spiro atoms. The molecule has 6 heteroatoms. The molecule has 0 bridgehead atoms. The van der Waals surface area contributed by atoms with Gasteiger partial charge in [-0.1, -0.05) is 12.1 Å². The monoisotopic (exact) mass is 259 g/mol. The number of aromatic nitrogens is 1. The van der Waals surface area contributed by atoms with Gasteiger partial charge in [-0.15, -0.1) is 0 Å². The van der Waals surface area contributed by atoms with Crippen molar-refractivity contribution in [3.8, 4) is 11.1 Å². The average molecular weight is 259 g/mol. The van der Waals surface area contributed by atoms with Gasteiger partial charge in [0.25, 0.3) is 5.56 Å². The summed E-state index contributed by atoms with van der Waals surface area (Å²) in [5.41, 5.74) is 0.241. The molecular formula is C13H9NO5. The van der Waals surface area contributed by atoms with Crippen LogP contribution in [0.15, 0.2) is 41.3 Å². The molecule has 0 aliphatic heterocycles. The number of carboxylic acids is 2. The van der Waals surface area contributed by atoms with Gasteiger partial charge < -0.3 is 15.2 Å². The van der Waals surface area contributed by atoms with Crippen molar-refractivity contribution in [2.45, 2.75) is 0 Å². The fraction of sp³-hybridized carbons (Fsp3) is 0. The van der Waals surface area contributed by atoms with E-state index in [1.807, 2.05) is 0 Å². The molecule has 0 fully saturated rings. The van der Waals surface area contributed by atoms with Crippen molar-refractivity contribution in [3.05, 3.63) is 58.0 Å². The minimum Gasteiger partial charge on any atom is -0.478 e. The summed E-state index contributed by atoms with van der Waals surface area (Å²) >= 11 is 0. The molecule has 0 saturated carbocycles. The average Bonchev–Trinajstić information content (AvgIpc) is 2.39. The number of carbonyl (C=O) groups is 2. The quantitative estimate of drug-likeness (QED) is 0.773. The second-order valence-electron chi connectivity index (χ2n) is 3.82. The highest BCUT2D eigenvalue weighted by Crippen LogP contribution is 2.17. The van der Waals surface area contributed by atoms with E-state index in [1.54, 1.807) is 0 Å². The van der Waals surface area contributed by atoms with Gasteiger partial charge in [0, 0.05) is 11.8 Å². The van der Waals surface area contributed by atoms with Crippen molar-refractivity contribution in [3.63, 3.8) is 0 Å². The van der Waals surface area contributed by atoms with Gasteiger partial charge in [0.15, 0.2) is 0 Å². The molecule has 0 amide bonds. The number of nitrogens with one attached hydrogen (secondary N) is 1. The van der Waals surface area contributed by atoms with Crippen molar-refractivity contribution >= 4 is 11.9 Å². The molecule has 6 nitrogen and oxygen atoms in total. The third-order valence-corrected chi connectivity index (χ3v) is 2.59. The van der Waals surface area contributed by atoms with Crippen LogP contribution >= 0.6 is 0 Å². The third-order valence-electron chi connectivity index (χ3n) is 2.59. The summed E-state index contributed by atoms with van der Waals surface area (Å²) in [6.07, 6.45) is 1.11. The van der Waals surface area contributed by atoms with Gasteiger partial charge in [0.2, 0.25) is 0 Å². The molecule has 1 aromatic carbocycles. The fourth-order valence-electron chi connectivity index (χ4n) is 1.61. The van der Waals surface area contributed by atoms with Crippen LogP contribution in [0.5, 0.6) is 0 Å². The number of H-pyrrole nitrogens is 1. The second-order valence-corrected chi connectivity index (χ2v) is 3.82. The number of pyridine rings is 1. The number of carboxylic acid groups (broad SMARTS) is 2. The predicted octanol–water partition coefficient (Wildman–Crippen LogP) is 1.44. The molecule has 0 saturated heterocycles. The van der Waals surface area contributed by atoms with Crippen LogP contribution in [0.4, 0.5) is 0 Å². The second kappa shape index (κ2) is 4.77. The van der Waals surface area contributed by atoms with Crippen LogP contribution in [0.1, 0.15) is 20.7 Å². The van der Waals surface area contributed by atoms with E-state index in [4.69, 9.17) is 10.2 Å². The number of aromatic amines is 1. The first-order chi connectivity index (χ1) is 8.99. The third kappa shape index (κ3) is 2.52. The summed E-state index contributed by atoms with van der Waals surface area (Å²) in [5.74, 6) is -2.22. The van der Waals surface area contributed by atoms with Crippen LogP contribution < -0.4 is 5.56 Å². The van der Waals surface area contributed by atoms with E-state index < -0.39 is 17.5 Å². The van der Waals surface area contributed by atoms with Crippen LogP contribution in [-0.2, 0) is 0 Å². The Balaban J connectivity index is 2.52. The number of rotatable bonds is 3. The highest BCUT2D eigenvalue weighted by atomic mass is 16.4. The molecule has 3 N–H and O–H groups in total. The molecule has 1 aromatic heterocycles. The normalized spacial score (nSPS) is 10.1. The first-order valence-corrected chi connectivity index (χ1v) is 5.29. The van der Waals surface area contributed by atoms with E-state index in [-0.39, 0.29) is 16.7 Å². The molecule has 2 rings (SSSR count). The van der Waals surface area contributed by atoms with Crippen molar-refractivity contribution in [2.24, 2.45) is 0 Å². The van der Waals surface area contributed by atoms with Crippen LogP contribution in [-0.4, -0.2) is 27.1 Å². The van der Waals surface area contributed by atoms with Gasteiger partial charge in [-0.25, -0.2) is 9.59 Å². The lowest BCUT2D eigenvalue weighted by Crippen LogP contribution is -2.11. The predicted molar refractivity (Wildman–Crippen MR) is 66.4 cm³/mol. The Hall–Kier alpha value is -2.89. The van der Waals surface area contributed by atoms with Crippen molar-refractivity contribution < 1.29 is 19.8 Å². The maximum atomic E-state index is 11.6. The zero-order valence-electron chi connectivity index (χ0n) is 9.58. The van der Waals surface area contributed by atoms with Gasteiger partial charge in [-0.05, 0) is 23.8 Å². The highest BCUT2D eigenvalue weighted by molar-refractivity contribution is 5.90. The molecule has 0 radical (unpaired) electrons. The van der Waals surface area contributed by atoms with Gasteiger partial charge in [0.05, 0.1) is 11.1 Å². The number of aromatic carboxylic acids is 2. The summed E-state index contributed by atoms with van der Waals surface area (Å²) in [5, 5.41) is 17.6. The summed E-state index contributed by atoms with van der Waals surface area (Å²) in [6.45, 7) is 0. The number of benzene rings is 1. The largest absolute Gasteiger partial charge is 0.478 e. The Kier molecular flexibility index (Phi) is 3.15. The van der Waals surface area contributed by atoms with Crippen LogP contribution in [0.2, 0.25) is 0 Å². The van der Waals surface area contributed by atoms with Crippen molar-refractivity contribution in [2.75, 3.05) is 0 Å². The highest BCUT2D eigenvalue weighted by Gasteiger charge is 2.10. The lowest BCUT2D eigenvalue weighted by Gasteiger charge is -2.02. The first-order valence-electron chi connectivity index (χ1n) is 5.29. The lowest BCUT2D eigenvalue weighted by atomic mass is 10.0. The molecule has 2 aromatic rings. The minimum absolute atomic E-state index is 0.0445. The molecule has 19 heavy (non-hydrogen) atoms. The topological polar surface area (TPSA) is 107 Å². The van der Waals surface area contributed by atoms with E-state index in [9.17, 15) is 14.4 Å². The first kappa shape index (κ1) is 12.6. The van der Waals surface area contributed by atoms with Gasteiger partial charge >= 0.3 is 11.9 Å². The van der Waals surface area contributed by atoms with Crippen LogP contribution in [0, 0.1) is 0 Å². The van der Waals surface area contributed by atoms with Crippen molar-refractivity contribution in [1.82, 2.24) is 4.98 Å². The van der Waals surface area contributed by atoms with E-state index >= 15 is 0 Å². The molecule has 1 heterocycles. The van der Waals surface area contributed by atoms with Crippen LogP contribution in [0.25, 0.3) is 11.1 Å². The standard InChI is InChI=1S/C13H9NO5/c15-11-10(5-9(6-14-11)13(18)19)7-1-3-8(4-2-7)12(16)17/h1-6H,(H,14,15)(H,16,17)(H,18,19). The zero-order valence-corrected chi connectivity index (χ0v) is 9.58. The summed E-state index contributed by atoms with van der Waals surface area (Å²) in [7, 11) is 0. The van der Waals surface area contributed by atoms with Crippen LogP contribution in [0.3, 0.4) is 0 Å². The van der Waals surface area contributed by atoms with E-state index in [1.165, 1.54) is 30.3 Å².